The summed E-state index contributed by atoms with van der Waals surface area (Å²) >= 11 is 2.01. The first kappa shape index (κ1) is 18.1. The van der Waals surface area contributed by atoms with Gasteiger partial charge in [0.15, 0.2) is 0 Å². The highest BCUT2D eigenvalue weighted by Crippen LogP contribution is 2.58. The van der Waals surface area contributed by atoms with Gasteiger partial charge < -0.3 is 0 Å². The first-order valence-corrected chi connectivity index (χ1v) is 11.0. The number of pyridine rings is 1. The highest BCUT2D eigenvalue weighted by molar-refractivity contribution is 8.02. The summed E-state index contributed by atoms with van der Waals surface area (Å²) in [4.78, 5) is 5.79. The van der Waals surface area contributed by atoms with Gasteiger partial charge in [-0.15, -0.1) is 11.8 Å². The van der Waals surface area contributed by atoms with Crippen LogP contribution in [0.5, 0.6) is 0 Å². The van der Waals surface area contributed by atoms with E-state index < -0.39 is 0 Å². The average Bonchev–Trinajstić information content (AvgIpc) is 2.60. The molecule has 0 N–H and O–H groups in total. The monoisotopic (exact) mass is 365 g/mol. The molecule has 0 saturated carbocycles. The van der Waals surface area contributed by atoms with Crippen molar-refractivity contribution in [3.05, 3.63) is 63.9 Å². The predicted molar refractivity (Wildman–Crippen MR) is 113 cm³/mol. The van der Waals surface area contributed by atoms with Crippen molar-refractivity contribution in [2.75, 3.05) is 0 Å². The molecule has 0 fully saturated rings. The molecule has 0 bridgehead atoms. The van der Waals surface area contributed by atoms with Gasteiger partial charge >= 0.3 is 0 Å². The van der Waals surface area contributed by atoms with E-state index in [0.717, 1.165) is 5.75 Å². The Bertz CT molecular complexity index is 780. The first-order chi connectivity index (χ1) is 12.4. The summed E-state index contributed by atoms with van der Waals surface area (Å²) in [5.41, 5.74) is 7.35. The van der Waals surface area contributed by atoms with Gasteiger partial charge in [-0.25, -0.2) is 0 Å². The van der Waals surface area contributed by atoms with Gasteiger partial charge in [-0.3, -0.25) is 4.98 Å². The fraction of sp³-hybridized carbons (Fsp3) is 0.542. The van der Waals surface area contributed by atoms with E-state index >= 15 is 0 Å². The minimum atomic E-state index is 0.310. The Hall–Kier alpha value is -1.28. The molecule has 1 heterocycles. The fourth-order valence-electron chi connectivity index (χ4n) is 5.26. The number of allylic oxidation sites excluding steroid dienone is 5. The summed E-state index contributed by atoms with van der Waals surface area (Å²) in [6.45, 7) is 9.91. The third kappa shape index (κ3) is 3.33. The molecule has 138 valence electrons. The summed E-state index contributed by atoms with van der Waals surface area (Å²) in [6, 6.07) is 4.22. The zero-order chi connectivity index (χ0) is 18.4. The number of nitrogens with zero attached hydrogens (tertiary/aromatic N) is 1. The minimum absolute atomic E-state index is 0.310. The number of aromatic nitrogens is 1. The smallest absolute Gasteiger partial charge is 0.0308 e. The van der Waals surface area contributed by atoms with E-state index in [0.29, 0.717) is 16.7 Å². The topological polar surface area (TPSA) is 12.9 Å². The van der Waals surface area contributed by atoms with E-state index in [4.69, 9.17) is 0 Å². The Morgan fingerprint density at radius 3 is 2.85 bits per heavy atom. The van der Waals surface area contributed by atoms with Crippen molar-refractivity contribution in [1.82, 2.24) is 4.98 Å². The van der Waals surface area contributed by atoms with Gasteiger partial charge in [-0.2, -0.15) is 0 Å². The molecule has 4 rings (SSSR count). The van der Waals surface area contributed by atoms with Crippen molar-refractivity contribution < 1.29 is 0 Å². The largest absolute Gasteiger partial charge is 0.264 e. The zero-order valence-electron chi connectivity index (χ0n) is 16.6. The van der Waals surface area contributed by atoms with Crippen LogP contribution >= 0.6 is 11.8 Å². The molecule has 3 aliphatic carbocycles. The number of fused-ring (bicyclic) bond motifs is 1. The maximum Gasteiger partial charge on any atom is 0.0308 e. The zero-order valence-corrected chi connectivity index (χ0v) is 17.5. The van der Waals surface area contributed by atoms with Gasteiger partial charge in [0.05, 0.1) is 0 Å². The van der Waals surface area contributed by atoms with E-state index in [1.807, 2.05) is 30.2 Å². The maximum absolute atomic E-state index is 4.27. The standard InChI is InChI=1S/C24H31NS/c1-23(2)11-10-20-18(14-23)13-19-21(24(20,3)4)8-5-9-22(19)26-16-17-7-6-12-25-15-17/h5-7,9,12,15,21H,8,10-11,13-14,16H2,1-4H3. The molecular formula is C24H31NS. The molecule has 26 heavy (non-hydrogen) atoms. The van der Waals surface area contributed by atoms with Crippen LogP contribution in [0, 0.1) is 16.7 Å². The number of thioether (sulfide) groups is 1. The number of hydrogen-bond acceptors (Lipinski definition) is 2. The van der Waals surface area contributed by atoms with Gasteiger partial charge in [0, 0.05) is 23.1 Å². The van der Waals surface area contributed by atoms with Gasteiger partial charge in [-0.1, -0.05) is 57.1 Å². The number of hydrogen-bond donors (Lipinski definition) is 0. The Labute approximate surface area is 163 Å². The van der Waals surface area contributed by atoms with Crippen LogP contribution in [0.3, 0.4) is 0 Å². The highest BCUT2D eigenvalue weighted by Gasteiger charge is 2.44. The lowest BCUT2D eigenvalue weighted by molar-refractivity contribution is 0.224. The third-order valence-corrected chi connectivity index (χ3v) is 7.91. The van der Waals surface area contributed by atoms with Gasteiger partial charge in [-0.05, 0) is 66.1 Å². The van der Waals surface area contributed by atoms with Crippen molar-refractivity contribution in [3.63, 3.8) is 0 Å². The van der Waals surface area contributed by atoms with Crippen LogP contribution in [0.4, 0.5) is 0 Å². The molecular weight excluding hydrogens is 334 g/mol. The summed E-state index contributed by atoms with van der Waals surface area (Å²) in [7, 11) is 0. The van der Waals surface area contributed by atoms with Gasteiger partial charge in [0.25, 0.3) is 0 Å². The maximum atomic E-state index is 4.27. The molecule has 0 aliphatic heterocycles. The van der Waals surface area contributed by atoms with Gasteiger partial charge in [0.2, 0.25) is 0 Å². The normalized spacial score (nSPS) is 26.5. The van der Waals surface area contributed by atoms with Crippen LogP contribution in [0.15, 0.2) is 58.3 Å². The SMILES string of the molecule is CC1(C)CCC2=C(CC3=C(SCc4cccnc4)C=CCC3C2(C)C)C1. The fourth-order valence-corrected chi connectivity index (χ4v) is 6.34. The Balaban J connectivity index is 1.65. The second kappa shape index (κ2) is 6.71. The Kier molecular flexibility index (Phi) is 4.67. The molecule has 3 aliphatic rings. The summed E-state index contributed by atoms with van der Waals surface area (Å²) < 4.78 is 0. The molecule has 0 spiro atoms. The highest BCUT2D eigenvalue weighted by atomic mass is 32.2. The number of rotatable bonds is 3. The molecule has 1 atom stereocenters. The predicted octanol–water partition coefficient (Wildman–Crippen LogP) is 7.08. The van der Waals surface area contributed by atoms with Crippen LogP contribution in [-0.2, 0) is 5.75 Å². The van der Waals surface area contributed by atoms with E-state index in [9.17, 15) is 0 Å². The second-order valence-electron chi connectivity index (χ2n) is 9.55. The first-order valence-electron chi connectivity index (χ1n) is 9.99. The molecule has 1 unspecified atom stereocenters. The Morgan fingerprint density at radius 1 is 1.23 bits per heavy atom. The Morgan fingerprint density at radius 2 is 2.08 bits per heavy atom. The van der Waals surface area contributed by atoms with Crippen molar-refractivity contribution in [2.24, 2.45) is 16.7 Å². The molecule has 2 heteroatoms. The molecule has 0 amide bonds. The van der Waals surface area contributed by atoms with Crippen LogP contribution < -0.4 is 0 Å². The van der Waals surface area contributed by atoms with Crippen LogP contribution in [0.2, 0.25) is 0 Å². The lowest BCUT2D eigenvalue weighted by Gasteiger charge is -2.49. The summed E-state index contributed by atoms with van der Waals surface area (Å²) in [5, 5.41) is 0. The van der Waals surface area contributed by atoms with Crippen molar-refractivity contribution in [2.45, 2.75) is 65.6 Å². The van der Waals surface area contributed by atoms with Crippen LogP contribution in [-0.4, -0.2) is 4.98 Å². The van der Waals surface area contributed by atoms with E-state index in [1.54, 1.807) is 16.7 Å². The summed E-state index contributed by atoms with van der Waals surface area (Å²) in [5.74, 6) is 1.70. The molecule has 1 aromatic rings. The average molecular weight is 366 g/mol. The quantitative estimate of drug-likeness (QED) is 0.531. The lowest BCUT2D eigenvalue weighted by atomic mass is 9.56. The lowest BCUT2D eigenvalue weighted by Crippen LogP contribution is -2.37. The second-order valence-corrected chi connectivity index (χ2v) is 10.6. The van der Waals surface area contributed by atoms with E-state index in [2.05, 4.69) is 50.9 Å². The van der Waals surface area contributed by atoms with E-state index in [-0.39, 0.29) is 0 Å². The van der Waals surface area contributed by atoms with Crippen molar-refractivity contribution in [1.29, 1.82) is 0 Å². The van der Waals surface area contributed by atoms with Crippen molar-refractivity contribution >= 4 is 11.8 Å². The van der Waals surface area contributed by atoms with E-state index in [1.165, 1.54) is 42.6 Å². The van der Waals surface area contributed by atoms with Crippen LogP contribution in [0.1, 0.15) is 65.4 Å². The van der Waals surface area contributed by atoms with Gasteiger partial charge in [0.1, 0.15) is 0 Å². The molecule has 0 radical (unpaired) electrons. The molecule has 1 aromatic heterocycles. The molecule has 0 aromatic carbocycles. The third-order valence-electron chi connectivity index (χ3n) is 6.72. The summed E-state index contributed by atoms with van der Waals surface area (Å²) in [6.07, 6.45) is 15.0. The molecule has 1 nitrogen and oxygen atoms in total. The van der Waals surface area contributed by atoms with Crippen molar-refractivity contribution in [3.8, 4) is 0 Å². The minimum Gasteiger partial charge on any atom is -0.264 e. The molecule has 0 saturated heterocycles. The van der Waals surface area contributed by atoms with Crippen LogP contribution in [0.25, 0.3) is 0 Å².